The number of carbonyl (C=O) groups excluding carboxylic acids is 1. The Morgan fingerprint density at radius 3 is 2.30 bits per heavy atom. The van der Waals surface area contributed by atoms with Crippen molar-refractivity contribution in [3.8, 4) is 11.3 Å². The van der Waals surface area contributed by atoms with Crippen LogP contribution in [0.15, 0.2) is 35.6 Å². The quantitative estimate of drug-likeness (QED) is 0.739. The monoisotopic (exact) mass is 429 g/mol. The van der Waals surface area contributed by atoms with Crippen LogP contribution in [-0.2, 0) is 21.9 Å². The maximum absolute atomic E-state index is 13.4. The Hall–Kier alpha value is -2.26. The summed E-state index contributed by atoms with van der Waals surface area (Å²) < 4.78 is 29.8. The molecule has 0 radical (unpaired) electrons. The van der Waals surface area contributed by atoms with E-state index >= 15 is 0 Å². The summed E-state index contributed by atoms with van der Waals surface area (Å²) >= 11 is 0. The van der Waals surface area contributed by atoms with Crippen LogP contribution < -0.4 is 0 Å². The molecular weight excluding hydrogens is 402 g/mol. The third kappa shape index (κ3) is 3.33. The largest absolute Gasteiger partial charge is 0.340 e. The SMILES string of the molecule is Cn1cc(S(=O)(=O)N2CCN(C(=O)C3[C@@H]4CCCC[C@@H]34)CC2)c(-c2ccncc2)n1. The van der Waals surface area contributed by atoms with Crippen molar-refractivity contribution in [2.45, 2.75) is 30.6 Å². The van der Waals surface area contributed by atoms with Crippen molar-refractivity contribution in [2.75, 3.05) is 26.2 Å². The second-order valence-electron chi connectivity index (χ2n) is 8.62. The molecule has 3 fully saturated rings. The van der Waals surface area contributed by atoms with Gasteiger partial charge in [-0.3, -0.25) is 14.5 Å². The number of amides is 1. The van der Waals surface area contributed by atoms with E-state index in [-0.39, 0.29) is 16.7 Å². The highest BCUT2D eigenvalue weighted by Crippen LogP contribution is 2.56. The number of pyridine rings is 1. The summed E-state index contributed by atoms with van der Waals surface area (Å²) in [5, 5.41) is 4.38. The number of piperazine rings is 1. The van der Waals surface area contributed by atoms with Gasteiger partial charge < -0.3 is 4.90 Å². The molecule has 2 aliphatic carbocycles. The number of nitrogens with zero attached hydrogens (tertiary/aromatic N) is 5. The van der Waals surface area contributed by atoms with Gasteiger partial charge in [0.2, 0.25) is 15.9 Å². The maximum Gasteiger partial charge on any atom is 0.246 e. The van der Waals surface area contributed by atoms with E-state index in [4.69, 9.17) is 0 Å². The summed E-state index contributed by atoms with van der Waals surface area (Å²) in [6, 6.07) is 3.51. The Labute approximate surface area is 176 Å². The zero-order valence-corrected chi connectivity index (χ0v) is 18.0. The van der Waals surface area contributed by atoms with Gasteiger partial charge in [-0.25, -0.2) is 8.42 Å². The average molecular weight is 430 g/mol. The van der Waals surface area contributed by atoms with Crippen molar-refractivity contribution < 1.29 is 13.2 Å². The summed E-state index contributed by atoms with van der Waals surface area (Å²) in [6.45, 7) is 1.55. The molecule has 0 spiro atoms. The van der Waals surface area contributed by atoms with Gasteiger partial charge in [0.1, 0.15) is 10.6 Å². The highest BCUT2D eigenvalue weighted by molar-refractivity contribution is 7.89. The van der Waals surface area contributed by atoms with Gasteiger partial charge in [-0.05, 0) is 36.8 Å². The molecule has 5 rings (SSSR count). The number of aryl methyl sites for hydroxylation is 1. The van der Waals surface area contributed by atoms with Crippen molar-refractivity contribution in [2.24, 2.45) is 24.8 Å². The van der Waals surface area contributed by atoms with E-state index in [1.54, 1.807) is 37.8 Å². The predicted molar refractivity (Wildman–Crippen MR) is 111 cm³/mol. The number of carbonyl (C=O) groups is 1. The molecule has 0 bridgehead atoms. The Bertz CT molecular complexity index is 1030. The fourth-order valence-corrected chi connectivity index (χ4v) is 6.83. The molecule has 1 saturated heterocycles. The van der Waals surface area contributed by atoms with Crippen molar-refractivity contribution in [1.82, 2.24) is 24.0 Å². The molecule has 2 saturated carbocycles. The summed E-state index contributed by atoms with van der Waals surface area (Å²) in [4.78, 5) is 19.0. The van der Waals surface area contributed by atoms with Gasteiger partial charge in [0.15, 0.2) is 0 Å². The fourth-order valence-electron chi connectivity index (χ4n) is 5.22. The fraction of sp³-hybridized carbons (Fsp3) is 0.571. The molecule has 0 aromatic carbocycles. The molecule has 160 valence electrons. The van der Waals surface area contributed by atoms with Crippen LogP contribution in [0.1, 0.15) is 25.7 Å². The van der Waals surface area contributed by atoms with E-state index in [1.807, 2.05) is 4.90 Å². The lowest BCUT2D eigenvalue weighted by Gasteiger charge is -2.34. The second-order valence-corrected chi connectivity index (χ2v) is 10.5. The van der Waals surface area contributed by atoms with E-state index in [9.17, 15) is 13.2 Å². The van der Waals surface area contributed by atoms with Gasteiger partial charge in [0.05, 0.1) is 0 Å². The number of aromatic nitrogens is 3. The van der Waals surface area contributed by atoms with Crippen LogP contribution in [-0.4, -0.2) is 64.5 Å². The molecule has 9 heteroatoms. The normalized spacial score (nSPS) is 27.0. The Morgan fingerprint density at radius 2 is 1.67 bits per heavy atom. The van der Waals surface area contributed by atoms with Gasteiger partial charge in [0, 0.05) is 63.3 Å². The molecule has 2 aromatic heterocycles. The third-order valence-electron chi connectivity index (χ3n) is 6.86. The van der Waals surface area contributed by atoms with Gasteiger partial charge in [-0.15, -0.1) is 0 Å². The van der Waals surface area contributed by atoms with Gasteiger partial charge in [0.25, 0.3) is 0 Å². The Morgan fingerprint density at radius 1 is 1.03 bits per heavy atom. The second kappa shape index (κ2) is 7.46. The molecule has 1 aliphatic heterocycles. The maximum atomic E-state index is 13.4. The summed E-state index contributed by atoms with van der Waals surface area (Å²) in [5.74, 6) is 1.58. The zero-order chi connectivity index (χ0) is 20.9. The number of fused-ring (bicyclic) bond motifs is 1. The first-order valence-electron chi connectivity index (χ1n) is 10.7. The number of hydrogen-bond donors (Lipinski definition) is 0. The van der Waals surface area contributed by atoms with Crippen LogP contribution in [0.3, 0.4) is 0 Å². The van der Waals surface area contributed by atoms with Gasteiger partial charge in [-0.1, -0.05) is 12.8 Å². The third-order valence-corrected chi connectivity index (χ3v) is 8.76. The average Bonchev–Trinajstić information content (AvgIpc) is 3.37. The molecule has 3 heterocycles. The summed E-state index contributed by atoms with van der Waals surface area (Å²) in [7, 11) is -1.99. The number of sulfonamides is 1. The van der Waals surface area contributed by atoms with Crippen LogP contribution in [0.4, 0.5) is 0 Å². The lowest BCUT2D eigenvalue weighted by atomic mass is 10.0. The number of rotatable bonds is 4. The van der Waals surface area contributed by atoms with Crippen LogP contribution in [0.25, 0.3) is 11.3 Å². The summed E-state index contributed by atoms with van der Waals surface area (Å²) in [5.41, 5.74) is 1.15. The topological polar surface area (TPSA) is 88.4 Å². The van der Waals surface area contributed by atoms with Gasteiger partial charge in [-0.2, -0.15) is 9.40 Å². The number of hydrogen-bond acceptors (Lipinski definition) is 5. The minimum absolute atomic E-state index is 0.187. The predicted octanol–water partition coefficient (Wildman–Crippen LogP) is 1.75. The lowest BCUT2D eigenvalue weighted by Crippen LogP contribution is -2.51. The van der Waals surface area contributed by atoms with Crippen LogP contribution in [0.2, 0.25) is 0 Å². The molecule has 2 atom stereocenters. The van der Waals surface area contributed by atoms with Crippen molar-refractivity contribution in [3.05, 3.63) is 30.7 Å². The van der Waals surface area contributed by atoms with Crippen molar-refractivity contribution in [1.29, 1.82) is 0 Å². The van der Waals surface area contributed by atoms with Crippen LogP contribution in [0, 0.1) is 17.8 Å². The Kier molecular flexibility index (Phi) is 4.89. The Balaban J connectivity index is 1.30. The molecule has 30 heavy (non-hydrogen) atoms. The van der Waals surface area contributed by atoms with E-state index in [0.717, 1.165) is 0 Å². The molecule has 3 aliphatic rings. The summed E-state index contributed by atoms with van der Waals surface area (Å²) in [6.07, 6.45) is 9.63. The van der Waals surface area contributed by atoms with Crippen LogP contribution in [0.5, 0.6) is 0 Å². The smallest absolute Gasteiger partial charge is 0.246 e. The van der Waals surface area contributed by atoms with Crippen LogP contribution >= 0.6 is 0 Å². The minimum Gasteiger partial charge on any atom is -0.340 e. The first-order valence-corrected chi connectivity index (χ1v) is 12.1. The van der Waals surface area contributed by atoms with E-state index < -0.39 is 10.0 Å². The molecular formula is C21H27N5O3S. The van der Waals surface area contributed by atoms with E-state index in [2.05, 4.69) is 10.1 Å². The van der Waals surface area contributed by atoms with Crippen molar-refractivity contribution in [3.63, 3.8) is 0 Å². The molecule has 8 nitrogen and oxygen atoms in total. The standard InChI is InChI=1S/C21H27N5O3S/c1-24-14-18(20(23-24)15-6-8-22-9-7-15)30(28,29)26-12-10-25(11-13-26)21(27)19-16-4-2-3-5-17(16)19/h6-9,14,16-17,19H,2-5,10-13H2,1H3/t16-,17-/m1/s1. The van der Waals surface area contributed by atoms with E-state index in [0.29, 0.717) is 49.3 Å². The highest BCUT2D eigenvalue weighted by atomic mass is 32.2. The minimum atomic E-state index is -3.70. The van der Waals surface area contributed by atoms with Crippen molar-refractivity contribution >= 4 is 15.9 Å². The first-order chi connectivity index (χ1) is 14.5. The van der Waals surface area contributed by atoms with E-state index in [1.165, 1.54) is 34.7 Å². The molecule has 0 unspecified atom stereocenters. The zero-order valence-electron chi connectivity index (χ0n) is 17.1. The van der Waals surface area contributed by atoms with Gasteiger partial charge >= 0.3 is 0 Å². The lowest BCUT2D eigenvalue weighted by molar-refractivity contribution is -0.134. The molecule has 0 N–H and O–H groups in total. The molecule has 1 amide bonds. The highest BCUT2D eigenvalue weighted by Gasteiger charge is 2.56. The molecule has 2 aromatic rings. The first kappa shape index (κ1) is 19.7.